The van der Waals surface area contributed by atoms with Crippen LogP contribution in [-0.4, -0.2) is 25.4 Å². The summed E-state index contributed by atoms with van der Waals surface area (Å²) in [5.74, 6) is 5.73. The van der Waals surface area contributed by atoms with Crippen molar-refractivity contribution in [3.8, 4) is 11.5 Å². The largest absolute Gasteiger partial charge is 0.494 e. The standard InChI is InChI=1S/C46H74O4/c1-5-7-9-13-39-17-21-41(22-18-39)15-11-33-47-45-29-25-43(26-30-45)35-49-37(3)38(4)50-36-44-27-31-46(32-28-44)48-34-12-16-42-23-19-40(20-24-42)14-10-8-6-2/h25-32,37-42H,5-24,33-36H2,1-4H3/t37-,38-,39?,40?,41?,42?/m1/s1. The second kappa shape index (κ2) is 24.2. The number of benzene rings is 2. The van der Waals surface area contributed by atoms with Gasteiger partial charge in [0.1, 0.15) is 11.5 Å². The van der Waals surface area contributed by atoms with Gasteiger partial charge >= 0.3 is 0 Å². The summed E-state index contributed by atoms with van der Waals surface area (Å²) >= 11 is 0. The molecule has 50 heavy (non-hydrogen) atoms. The Morgan fingerprint density at radius 1 is 0.460 bits per heavy atom. The smallest absolute Gasteiger partial charge is 0.119 e. The first-order valence-corrected chi connectivity index (χ1v) is 21.2. The molecule has 4 nitrogen and oxygen atoms in total. The Bertz CT molecular complexity index is 1010. The van der Waals surface area contributed by atoms with Crippen molar-refractivity contribution < 1.29 is 18.9 Å². The molecule has 0 unspecified atom stereocenters. The molecule has 4 rings (SSSR count). The third kappa shape index (κ3) is 16.1. The summed E-state index contributed by atoms with van der Waals surface area (Å²) in [5, 5.41) is 0. The zero-order valence-corrected chi connectivity index (χ0v) is 32.7. The van der Waals surface area contributed by atoms with Gasteiger partial charge in [-0.3, -0.25) is 0 Å². The Morgan fingerprint density at radius 2 is 0.780 bits per heavy atom. The van der Waals surface area contributed by atoms with Gasteiger partial charge < -0.3 is 18.9 Å². The summed E-state index contributed by atoms with van der Waals surface area (Å²) in [6, 6.07) is 16.8. The van der Waals surface area contributed by atoms with Crippen molar-refractivity contribution in [2.24, 2.45) is 23.7 Å². The molecule has 2 fully saturated rings. The zero-order valence-electron chi connectivity index (χ0n) is 32.7. The van der Waals surface area contributed by atoms with Crippen LogP contribution >= 0.6 is 0 Å². The molecule has 2 aliphatic carbocycles. The van der Waals surface area contributed by atoms with Crippen LogP contribution in [0.25, 0.3) is 0 Å². The molecular weight excluding hydrogens is 617 g/mol. The quantitative estimate of drug-likeness (QED) is 0.0972. The van der Waals surface area contributed by atoms with Gasteiger partial charge in [-0.1, -0.05) is 141 Å². The van der Waals surface area contributed by atoms with Crippen molar-refractivity contribution in [1.82, 2.24) is 0 Å². The summed E-state index contributed by atoms with van der Waals surface area (Å²) in [6.07, 6.45) is 27.7. The molecule has 0 spiro atoms. The van der Waals surface area contributed by atoms with Gasteiger partial charge in [0.15, 0.2) is 0 Å². The molecule has 2 aliphatic rings. The second-order valence-electron chi connectivity index (χ2n) is 16.1. The SMILES string of the molecule is CCCCCC1CCC(CCCOc2ccc(CO[C@H](C)[C@@H](C)OCc3ccc(OCCCC4CCC(CCCCC)CC4)cc3)cc2)CC1. The summed E-state index contributed by atoms with van der Waals surface area (Å²) in [6.45, 7) is 11.6. The average molecular weight is 691 g/mol. The highest BCUT2D eigenvalue weighted by Crippen LogP contribution is 2.35. The van der Waals surface area contributed by atoms with E-state index in [1.165, 1.54) is 116 Å². The first-order chi connectivity index (χ1) is 24.5. The van der Waals surface area contributed by atoms with E-state index in [-0.39, 0.29) is 12.2 Å². The van der Waals surface area contributed by atoms with Gasteiger partial charge in [0, 0.05) is 0 Å². The van der Waals surface area contributed by atoms with Gasteiger partial charge in [-0.05, 0) is 98.6 Å². The lowest BCUT2D eigenvalue weighted by molar-refractivity contribution is -0.0687. The van der Waals surface area contributed by atoms with Crippen LogP contribution in [0.5, 0.6) is 11.5 Å². The molecule has 2 saturated carbocycles. The van der Waals surface area contributed by atoms with E-state index < -0.39 is 0 Å². The van der Waals surface area contributed by atoms with E-state index in [1.54, 1.807) is 0 Å². The maximum absolute atomic E-state index is 6.18. The predicted octanol–water partition coefficient (Wildman–Crippen LogP) is 13.3. The molecule has 2 aromatic rings. The fourth-order valence-electron chi connectivity index (χ4n) is 8.20. The Kier molecular flexibility index (Phi) is 19.8. The molecule has 0 radical (unpaired) electrons. The fourth-order valence-corrected chi connectivity index (χ4v) is 8.20. The molecule has 0 heterocycles. The molecule has 0 saturated heterocycles. The van der Waals surface area contributed by atoms with Crippen molar-refractivity contribution in [1.29, 1.82) is 0 Å². The molecule has 0 aliphatic heterocycles. The first kappa shape index (κ1) is 40.7. The number of hydrogen-bond acceptors (Lipinski definition) is 4. The molecule has 0 N–H and O–H groups in total. The highest BCUT2D eigenvalue weighted by Gasteiger charge is 2.22. The molecular formula is C46H74O4. The van der Waals surface area contributed by atoms with Gasteiger partial charge in [0.05, 0.1) is 38.6 Å². The Morgan fingerprint density at radius 3 is 1.10 bits per heavy atom. The summed E-state index contributed by atoms with van der Waals surface area (Å²) in [5.41, 5.74) is 2.32. The summed E-state index contributed by atoms with van der Waals surface area (Å²) in [7, 11) is 0. The third-order valence-electron chi connectivity index (χ3n) is 11.9. The molecule has 0 bridgehead atoms. The van der Waals surface area contributed by atoms with Crippen molar-refractivity contribution in [2.45, 2.75) is 182 Å². The van der Waals surface area contributed by atoms with Crippen LogP contribution in [0.1, 0.15) is 167 Å². The van der Waals surface area contributed by atoms with Crippen molar-refractivity contribution in [3.63, 3.8) is 0 Å². The maximum Gasteiger partial charge on any atom is 0.119 e. The van der Waals surface area contributed by atoms with Crippen LogP contribution in [-0.2, 0) is 22.7 Å². The number of hydrogen-bond donors (Lipinski definition) is 0. The van der Waals surface area contributed by atoms with Gasteiger partial charge in [0.25, 0.3) is 0 Å². The normalized spacial score (nSPS) is 22.2. The Hall–Kier alpha value is -2.04. The van der Waals surface area contributed by atoms with Crippen molar-refractivity contribution >= 4 is 0 Å². The topological polar surface area (TPSA) is 36.9 Å². The van der Waals surface area contributed by atoms with Crippen LogP contribution in [0, 0.1) is 23.7 Å². The molecule has 2 aromatic carbocycles. The summed E-state index contributed by atoms with van der Waals surface area (Å²) < 4.78 is 24.5. The fraction of sp³-hybridized carbons (Fsp3) is 0.739. The third-order valence-corrected chi connectivity index (χ3v) is 11.9. The van der Waals surface area contributed by atoms with E-state index in [0.29, 0.717) is 13.2 Å². The van der Waals surface area contributed by atoms with E-state index in [2.05, 4.69) is 76.2 Å². The molecule has 0 aromatic heterocycles. The lowest BCUT2D eigenvalue weighted by atomic mass is 9.78. The van der Waals surface area contributed by atoms with Crippen LogP contribution in [0.3, 0.4) is 0 Å². The Balaban J connectivity index is 1.00. The van der Waals surface area contributed by atoms with E-state index in [9.17, 15) is 0 Å². The lowest BCUT2D eigenvalue weighted by Gasteiger charge is -2.28. The monoisotopic (exact) mass is 691 g/mol. The number of unbranched alkanes of at least 4 members (excludes halogenated alkanes) is 4. The second-order valence-corrected chi connectivity index (χ2v) is 16.1. The minimum Gasteiger partial charge on any atom is -0.494 e. The highest BCUT2D eigenvalue weighted by molar-refractivity contribution is 5.27. The zero-order chi connectivity index (χ0) is 35.2. The van der Waals surface area contributed by atoms with Crippen LogP contribution in [0.4, 0.5) is 0 Å². The number of rotatable bonds is 25. The molecule has 282 valence electrons. The van der Waals surface area contributed by atoms with Crippen molar-refractivity contribution in [3.05, 3.63) is 59.7 Å². The predicted molar refractivity (Wildman–Crippen MR) is 210 cm³/mol. The van der Waals surface area contributed by atoms with Gasteiger partial charge in [-0.25, -0.2) is 0 Å². The maximum atomic E-state index is 6.18. The van der Waals surface area contributed by atoms with E-state index in [1.807, 2.05) is 0 Å². The van der Waals surface area contributed by atoms with Crippen LogP contribution in [0.2, 0.25) is 0 Å². The van der Waals surface area contributed by atoms with Gasteiger partial charge in [0.2, 0.25) is 0 Å². The molecule has 4 heteroatoms. The van der Waals surface area contributed by atoms with E-state index in [4.69, 9.17) is 18.9 Å². The van der Waals surface area contributed by atoms with Crippen LogP contribution < -0.4 is 9.47 Å². The minimum atomic E-state index is -0.00366. The van der Waals surface area contributed by atoms with Crippen LogP contribution in [0.15, 0.2) is 48.5 Å². The molecule has 0 amide bonds. The Labute approximate surface area is 307 Å². The van der Waals surface area contributed by atoms with Gasteiger partial charge in [-0.15, -0.1) is 0 Å². The number of ether oxygens (including phenoxy) is 4. The average Bonchev–Trinajstić information content (AvgIpc) is 3.15. The summed E-state index contributed by atoms with van der Waals surface area (Å²) in [4.78, 5) is 0. The lowest BCUT2D eigenvalue weighted by Crippen LogP contribution is -2.26. The first-order valence-electron chi connectivity index (χ1n) is 21.2. The van der Waals surface area contributed by atoms with E-state index in [0.717, 1.165) is 72.4 Å². The minimum absolute atomic E-state index is 0.00366. The van der Waals surface area contributed by atoms with Crippen molar-refractivity contribution in [2.75, 3.05) is 13.2 Å². The van der Waals surface area contributed by atoms with E-state index >= 15 is 0 Å². The van der Waals surface area contributed by atoms with Gasteiger partial charge in [-0.2, -0.15) is 0 Å². The molecule has 2 atom stereocenters. The highest BCUT2D eigenvalue weighted by atomic mass is 16.5.